The second-order valence-corrected chi connectivity index (χ2v) is 8.43. The molecule has 0 saturated carbocycles. The smallest absolute Gasteiger partial charge is 0.348 e. The zero-order chi connectivity index (χ0) is 14.6. The van der Waals surface area contributed by atoms with E-state index >= 15 is 0 Å². The number of hydrogen-bond acceptors (Lipinski definition) is 5. The summed E-state index contributed by atoms with van der Waals surface area (Å²) in [5, 5.41) is 0. The van der Waals surface area contributed by atoms with Crippen molar-refractivity contribution in [1.29, 1.82) is 0 Å². The lowest BCUT2D eigenvalue weighted by Gasteiger charge is -2.05. The monoisotopic (exact) mass is 324 g/mol. The van der Waals surface area contributed by atoms with Crippen molar-refractivity contribution in [2.75, 3.05) is 6.61 Å². The van der Waals surface area contributed by atoms with Crippen LogP contribution in [0.4, 0.5) is 0 Å². The molecule has 1 heterocycles. The van der Waals surface area contributed by atoms with Crippen LogP contribution >= 0.6 is 22.0 Å². The Morgan fingerprint density at radius 1 is 1.47 bits per heavy atom. The van der Waals surface area contributed by atoms with Crippen LogP contribution in [0.25, 0.3) is 0 Å². The summed E-state index contributed by atoms with van der Waals surface area (Å²) >= 11 is 1.08. The van der Waals surface area contributed by atoms with Crippen molar-refractivity contribution in [3.63, 3.8) is 0 Å². The lowest BCUT2D eigenvalue weighted by Crippen LogP contribution is -2.05. The van der Waals surface area contributed by atoms with Crippen LogP contribution in [0.15, 0.2) is 11.0 Å². The van der Waals surface area contributed by atoms with E-state index in [0.29, 0.717) is 17.4 Å². The first-order valence-corrected chi connectivity index (χ1v) is 9.06. The van der Waals surface area contributed by atoms with Crippen molar-refractivity contribution in [3.05, 3.63) is 15.8 Å². The fourth-order valence-corrected chi connectivity index (χ4v) is 4.09. The highest BCUT2D eigenvalue weighted by molar-refractivity contribution is 8.13. The van der Waals surface area contributed by atoms with Crippen molar-refractivity contribution in [2.45, 2.75) is 38.5 Å². The molecule has 0 radical (unpaired) electrons. The quantitative estimate of drug-likeness (QED) is 0.456. The van der Waals surface area contributed by atoms with Crippen LogP contribution in [0.1, 0.15) is 41.2 Å². The van der Waals surface area contributed by atoms with Gasteiger partial charge >= 0.3 is 5.97 Å². The molecule has 0 fully saturated rings. The van der Waals surface area contributed by atoms with E-state index in [1.807, 2.05) is 0 Å². The van der Waals surface area contributed by atoms with Crippen molar-refractivity contribution in [3.8, 4) is 0 Å². The van der Waals surface area contributed by atoms with E-state index in [1.165, 1.54) is 6.07 Å². The van der Waals surface area contributed by atoms with Gasteiger partial charge in [-0.15, -0.1) is 11.3 Å². The van der Waals surface area contributed by atoms with Crippen LogP contribution in [0.5, 0.6) is 0 Å². The third-order valence-corrected chi connectivity index (χ3v) is 5.10. The second kappa shape index (κ2) is 6.72. The van der Waals surface area contributed by atoms with Crippen molar-refractivity contribution < 1.29 is 17.9 Å². The molecule has 0 amide bonds. The molecule has 0 aliphatic heterocycles. The molecule has 0 unspecified atom stereocenters. The Kier molecular flexibility index (Phi) is 5.82. The zero-order valence-electron chi connectivity index (χ0n) is 11.1. The molecular weight excluding hydrogens is 308 g/mol. The number of rotatable bonds is 6. The number of esters is 1. The molecule has 0 atom stereocenters. The molecule has 1 rings (SSSR count). The van der Waals surface area contributed by atoms with Gasteiger partial charge in [0.15, 0.2) is 0 Å². The Hall–Kier alpha value is -0.590. The molecular formula is C12H17ClO4S2. The number of thiophene rings is 1. The number of ether oxygens (including phenoxy) is 1. The Bertz CT molecular complexity index is 546. The van der Waals surface area contributed by atoms with E-state index in [0.717, 1.165) is 24.2 Å². The lowest BCUT2D eigenvalue weighted by atomic mass is 10.1. The van der Waals surface area contributed by atoms with Crippen LogP contribution in [-0.2, 0) is 13.8 Å². The number of carbonyl (C=O) groups is 1. The van der Waals surface area contributed by atoms with Crippen LogP contribution < -0.4 is 0 Å². The maximum atomic E-state index is 11.7. The molecule has 7 heteroatoms. The summed E-state index contributed by atoms with van der Waals surface area (Å²) in [6.07, 6.45) is 1.78. The van der Waals surface area contributed by atoms with Crippen LogP contribution in [0.2, 0.25) is 0 Å². The average molecular weight is 325 g/mol. The summed E-state index contributed by atoms with van der Waals surface area (Å²) in [5.74, 6) is 0.0686. The predicted octanol–water partition coefficient (Wildman–Crippen LogP) is 3.58. The summed E-state index contributed by atoms with van der Waals surface area (Å²) in [6, 6.07) is 1.27. The molecule has 0 saturated heterocycles. The van der Waals surface area contributed by atoms with Crippen molar-refractivity contribution in [2.24, 2.45) is 5.92 Å². The van der Waals surface area contributed by atoms with Gasteiger partial charge in [0.2, 0.25) is 0 Å². The Morgan fingerprint density at radius 3 is 2.58 bits per heavy atom. The third kappa shape index (κ3) is 5.12. The highest BCUT2D eigenvalue weighted by Gasteiger charge is 2.20. The number of aryl methyl sites for hydroxylation is 1. The maximum absolute atomic E-state index is 11.7. The van der Waals surface area contributed by atoms with Gasteiger partial charge in [-0.2, -0.15) is 0 Å². The fourth-order valence-electron chi connectivity index (χ4n) is 1.54. The van der Waals surface area contributed by atoms with Gasteiger partial charge in [-0.25, -0.2) is 13.2 Å². The van der Waals surface area contributed by atoms with Gasteiger partial charge in [-0.1, -0.05) is 13.8 Å². The Labute approximate surface area is 122 Å². The van der Waals surface area contributed by atoms with Gasteiger partial charge in [0, 0.05) is 15.6 Å². The summed E-state index contributed by atoms with van der Waals surface area (Å²) in [4.78, 5) is 12.5. The standard InChI is InChI=1S/C12H17ClO4S2/c1-8(2)5-4-6-17-12(14)10-7-11(9(3)18-10)19(13,15)16/h7-8H,4-6H2,1-3H3. The van der Waals surface area contributed by atoms with E-state index in [9.17, 15) is 13.2 Å². The van der Waals surface area contributed by atoms with Gasteiger partial charge < -0.3 is 4.74 Å². The summed E-state index contributed by atoms with van der Waals surface area (Å²) < 4.78 is 27.6. The lowest BCUT2D eigenvalue weighted by molar-refractivity contribution is 0.0500. The van der Waals surface area contributed by atoms with E-state index in [2.05, 4.69) is 13.8 Å². The fraction of sp³-hybridized carbons (Fsp3) is 0.583. The molecule has 0 aliphatic carbocycles. The highest BCUT2D eigenvalue weighted by Crippen LogP contribution is 2.28. The average Bonchev–Trinajstić information content (AvgIpc) is 2.66. The zero-order valence-corrected chi connectivity index (χ0v) is 13.5. The van der Waals surface area contributed by atoms with E-state index < -0.39 is 15.0 Å². The first kappa shape index (κ1) is 16.5. The van der Waals surface area contributed by atoms with Gasteiger partial charge in [0.25, 0.3) is 9.05 Å². The third-order valence-electron chi connectivity index (χ3n) is 2.50. The first-order chi connectivity index (χ1) is 8.71. The summed E-state index contributed by atoms with van der Waals surface area (Å²) in [7, 11) is 1.46. The summed E-state index contributed by atoms with van der Waals surface area (Å²) in [5.41, 5.74) is 0. The Morgan fingerprint density at radius 2 is 2.11 bits per heavy atom. The molecule has 19 heavy (non-hydrogen) atoms. The van der Waals surface area contributed by atoms with Crippen molar-refractivity contribution >= 4 is 37.0 Å². The molecule has 0 N–H and O–H groups in total. The number of halogens is 1. The van der Waals surface area contributed by atoms with Gasteiger partial charge in [0.1, 0.15) is 4.88 Å². The molecule has 0 aliphatic rings. The minimum atomic E-state index is -3.81. The van der Waals surface area contributed by atoms with Gasteiger partial charge in [-0.3, -0.25) is 0 Å². The van der Waals surface area contributed by atoms with Crippen LogP contribution in [0, 0.1) is 12.8 Å². The topological polar surface area (TPSA) is 60.4 Å². The van der Waals surface area contributed by atoms with Crippen molar-refractivity contribution in [1.82, 2.24) is 0 Å². The minimum absolute atomic E-state index is 0.0201. The van der Waals surface area contributed by atoms with E-state index in [4.69, 9.17) is 15.4 Å². The Balaban J connectivity index is 2.64. The molecule has 108 valence electrons. The largest absolute Gasteiger partial charge is 0.462 e. The second-order valence-electron chi connectivity index (χ2n) is 4.64. The van der Waals surface area contributed by atoms with Crippen LogP contribution in [-0.4, -0.2) is 21.0 Å². The molecule has 0 aromatic carbocycles. The number of hydrogen-bond donors (Lipinski definition) is 0. The molecule has 0 spiro atoms. The van der Waals surface area contributed by atoms with E-state index in [-0.39, 0.29) is 9.77 Å². The maximum Gasteiger partial charge on any atom is 0.348 e. The highest BCUT2D eigenvalue weighted by atomic mass is 35.7. The normalized spacial score (nSPS) is 11.8. The van der Waals surface area contributed by atoms with E-state index in [1.54, 1.807) is 6.92 Å². The first-order valence-electron chi connectivity index (χ1n) is 5.94. The van der Waals surface area contributed by atoms with Crippen LogP contribution in [0.3, 0.4) is 0 Å². The van der Waals surface area contributed by atoms with Gasteiger partial charge in [-0.05, 0) is 31.7 Å². The minimum Gasteiger partial charge on any atom is -0.462 e. The van der Waals surface area contributed by atoms with Gasteiger partial charge in [0.05, 0.1) is 11.5 Å². The summed E-state index contributed by atoms with van der Waals surface area (Å²) in [6.45, 7) is 6.15. The molecule has 1 aromatic rings. The molecule has 1 aromatic heterocycles. The SMILES string of the molecule is Cc1sc(C(=O)OCCCC(C)C)cc1S(=O)(=O)Cl. The molecule has 4 nitrogen and oxygen atoms in total. The molecule has 0 bridgehead atoms. The predicted molar refractivity (Wildman–Crippen MR) is 76.4 cm³/mol. The number of carbonyl (C=O) groups excluding carboxylic acids is 1.